The van der Waals surface area contributed by atoms with Crippen LogP contribution in [-0.2, 0) is 53.4 Å². The standard InChI is InChI=1S/C25H34N5O11PS.C4H4O4/c1-16(2)40-24(31)36-13-38-42(33,39-14-37-25(32)41-17(3)4)15-35-11-10-30-12-27-20-21(30)28-23(26)29-22(20)43-19-8-6-18(34-5)7-9-19;5-3(6)1-2-4(7)8/h6-9,12,16-17H,10-11,13-15H2,1-5H3,(H2,26,28,29);1-2H,(H,5,6)(H,7,8)/b;2-1+. The monoisotopic (exact) mass is 759 g/mol. The molecule has 2 aromatic heterocycles. The Bertz CT molecular complexity index is 1640. The van der Waals surface area contributed by atoms with Crippen LogP contribution in [0.5, 0.6) is 5.75 Å². The number of benzene rings is 1. The van der Waals surface area contributed by atoms with Gasteiger partial charge in [0.15, 0.2) is 5.65 Å². The van der Waals surface area contributed by atoms with Crippen molar-refractivity contribution in [1.29, 1.82) is 0 Å². The summed E-state index contributed by atoms with van der Waals surface area (Å²) in [5.74, 6) is -1.73. The van der Waals surface area contributed by atoms with Crippen LogP contribution in [0.4, 0.5) is 15.5 Å². The number of ether oxygens (including phenoxy) is 6. The van der Waals surface area contributed by atoms with Gasteiger partial charge in [-0.25, -0.2) is 29.1 Å². The Kier molecular flexibility index (Phi) is 17.6. The van der Waals surface area contributed by atoms with E-state index in [1.54, 1.807) is 45.7 Å². The fourth-order valence-electron chi connectivity index (χ4n) is 3.28. The molecule has 22 heteroatoms. The maximum Gasteiger partial charge on any atom is 0.510 e. The highest BCUT2D eigenvalue weighted by Gasteiger charge is 2.28. The number of anilines is 1. The molecule has 1 aromatic carbocycles. The summed E-state index contributed by atoms with van der Waals surface area (Å²) in [6.07, 6.45) is -0.832. The Morgan fingerprint density at radius 3 is 1.96 bits per heavy atom. The summed E-state index contributed by atoms with van der Waals surface area (Å²) in [7, 11) is -2.49. The molecule has 2 heterocycles. The smallest absolute Gasteiger partial charge is 0.497 e. The van der Waals surface area contributed by atoms with Gasteiger partial charge in [-0.3, -0.25) is 13.6 Å². The van der Waals surface area contributed by atoms with Gasteiger partial charge in [0.05, 0.1) is 32.3 Å². The van der Waals surface area contributed by atoms with E-state index in [0.717, 1.165) is 10.6 Å². The van der Waals surface area contributed by atoms with Crippen molar-refractivity contribution in [2.24, 2.45) is 0 Å². The van der Waals surface area contributed by atoms with Crippen LogP contribution in [0.25, 0.3) is 11.2 Å². The number of carboxylic acids is 2. The molecule has 0 saturated carbocycles. The highest BCUT2D eigenvalue weighted by molar-refractivity contribution is 7.99. The number of imidazole rings is 1. The minimum atomic E-state index is -4.09. The van der Waals surface area contributed by atoms with E-state index in [4.69, 9.17) is 53.4 Å². The number of rotatable bonds is 18. The van der Waals surface area contributed by atoms with E-state index >= 15 is 0 Å². The molecule has 0 saturated heterocycles. The number of hydrogen-bond acceptors (Lipinski definition) is 18. The second-order valence-corrected chi connectivity index (χ2v) is 13.1. The topological polar surface area (TPSA) is 269 Å². The van der Waals surface area contributed by atoms with Crippen molar-refractivity contribution in [3.8, 4) is 5.75 Å². The van der Waals surface area contributed by atoms with E-state index in [2.05, 4.69) is 15.0 Å². The molecule has 0 amide bonds. The predicted molar refractivity (Wildman–Crippen MR) is 177 cm³/mol. The minimum Gasteiger partial charge on any atom is -0.497 e. The molecule has 4 N–H and O–H groups in total. The molecule has 20 nitrogen and oxygen atoms in total. The number of carboxylic acid groups (broad SMARTS) is 2. The average Bonchev–Trinajstić information content (AvgIpc) is 3.45. The number of methoxy groups -OCH3 is 1. The van der Waals surface area contributed by atoms with Crippen molar-refractivity contribution in [2.75, 3.05) is 39.4 Å². The zero-order chi connectivity index (χ0) is 38.0. The average molecular weight is 760 g/mol. The summed E-state index contributed by atoms with van der Waals surface area (Å²) in [5, 5.41) is 16.2. The predicted octanol–water partition coefficient (Wildman–Crippen LogP) is 4.52. The molecule has 0 spiro atoms. The largest absolute Gasteiger partial charge is 0.510 e. The Hall–Kier alpha value is -4.95. The SMILES string of the molecule is COc1ccc(Sc2nc(N)nc3c2ncn3CCOCP(=O)(OCOC(=O)OC(C)C)OCOC(=O)OC(C)C)cc1.O=C(O)/C=C/C(=O)O. The molecule has 0 aliphatic rings. The maximum absolute atomic E-state index is 13.2. The van der Waals surface area contributed by atoms with Gasteiger partial charge in [0.2, 0.25) is 19.5 Å². The Labute approximate surface area is 295 Å². The zero-order valence-corrected chi connectivity index (χ0v) is 29.9. The molecule has 0 radical (unpaired) electrons. The Morgan fingerprint density at radius 1 is 0.922 bits per heavy atom. The van der Waals surface area contributed by atoms with E-state index in [9.17, 15) is 23.7 Å². The lowest BCUT2D eigenvalue weighted by atomic mass is 10.3. The first kappa shape index (κ1) is 42.2. The fourth-order valence-corrected chi connectivity index (χ4v) is 5.16. The lowest BCUT2D eigenvalue weighted by molar-refractivity contribution is -0.134. The molecule has 0 bridgehead atoms. The first-order valence-corrected chi connectivity index (χ1v) is 17.2. The molecule has 0 aliphatic carbocycles. The van der Waals surface area contributed by atoms with Gasteiger partial charge in [-0.2, -0.15) is 4.98 Å². The van der Waals surface area contributed by atoms with E-state index in [0.29, 0.717) is 28.3 Å². The van der Waals surface area contributed by atoms with Crippen molar-refractivity contribution < 1.29 is 71.4 Å². The van der Waals surface area contributed by atoms with Gasteiger partial charge < -0.3 is 48.9 Å². The lowest BCUT2D eigenvalue weighted by Crippen LogP contribution is -2.17. The first-order valence-electron chi connectivity index (χ1n) is 14.7. The van der Waals surface area contributed by atoms with E-state index < -0.39 is 64.0 Å². The van der Waals surface area contributed by atoms with Crippen LogP contribution < -0.4 is 10.5 Å². The number of fused-ring (bicyclic) bond motifs is 1. The van der Waals surface area contributed by atoms with Crippen molar-refractivity contribution in [1.82, 2.24) is 19.5 Å². The van der Waals surface area contributed by atoms with Gasteiger partial charge in [-0.15, -0.1) is 0 Å². The fraction of sp³-hybridized carbons (Fsp3) is 0.414. The van der Waals surface area contributed by atoms with Crippen LogP contribution in [0.15, 0.2) is 52.7 Å². The Morgan fingerprint density at radius 2 is 1.47 bits per heavy atom. The minimum absolute atomic E-state index is 0.0134. The molecular weight excluding hydrogens is 721 g/mol. The third-order valence-electron chi connectivity index (χ3n) is 5.33. The third-order valence-corrected chi connectivity index (χ3v) is 7.82. The van der Waals surface area contributed by atoms with Gasteiger partial charge in [0.1, 0.15) is 22.6 Å². The van der Waals surface area contributed by atoms with Gasteiger partial charge in [0.25, 0.3) is 0 Å². The molecule has 0 fully saturated rings. The normalized spacial score (nSPS) is 11.3. The van der Waals surface area contributed by atoms with Gasteiger partial charge in [-0.05, 0) is 52.0 Å². The Balaban J connectivity index is 0.00000100. The number of nitrogens with two attached hydrogens (primary N) is 1. The summed E-state index contributed by atoms with van der Waals surface area (Å²) in [6.45, 7) is 5.22. The summed E-state index contributed by atoms with van der Waals surface area (Å²) < 4.78 is 55.1. The molecule has 0 unspecified atom stereocenters. The second-order valence-electron chi connectivity index (χ2n) is 10.0. The lowest BCUT2D eigenvalue weighted by Gasteiger charge is -2.19. The van der Waals surface area contributed by atoms with Crippen molar-refractivity contribution in [3.05, 3.63) is 42.7 Å². The third kappa shape index (κ3) is 16.5. The van der Waals surface area contributed by atoms with Crippen LogP contribution in [-0.4, -0.2) is 99.8 Å². The van der Waals surface area contributed by atoms with Crippen LogP contribution in [0.1, 0.15) is 27.7 Å². The summed E-state index contributed by atoms with van der Waals surface area (Å²) >= 11 is 1.37. The van der Waals surface area contributed by atoms with Gasteiger partial charge >= 0.3 is 31.8 Å². The molecule has 3 aromatic rings. The van der Waals surface area contributed by atoms with Crippen LogP contribution in [0.3, 0.4) is 0 Å². The first-order chi connectivity index (χ1) is 24.1. The maximum atomic E-state index is 13.2. The number of carbonyl (C=O) groups is 4. The number of nitrogens with zero attached hydrogens (tertiary/aromatic N) is 4. The van der Waals surface area contributed by atoms with Crippen molar-refractivity contribution in [2.45, 2.75) is 56.4 Å². The number of carbonyl (C=O) groups excluding carboxylic acids is 2. The van der Waals surface area contributed by atoms with E-state index in [1.165, 1.54) is 11.8 Å². The van der Waals surface area contributed by atoms with Crippen molar-refractivity contribution in [3.63, 3.8) is 0 Å². The summed E-state index contributed by atoms with van der Waals surface area (Å²) in [6, 6.07) is 7.44. The highest BCUT2D eigenvalue weighted by atomic mass is 32.2. The molecular formula is C29H38N5O15PS. The second kappa shape index (κ2) is 21.3. The molecule has 280 valence electrons. The van der Waals surface area contributed by atoms with E-state index in [-0.39, 0.29) is 19.1 Å². The van der Waals surface area contributed by atoms with Crippen LogP contribution in [0.2, 0.25) is 0 Å². The molecule has 0 atom stereocenters. The molecule has 3 rings (SSSR count). The zero-order valence-electron chi connectivity index (χ0n) is 28.2. The number of aliphatic carboxylic acids is 2. The highest BCUT2D eigenvalue weighted by Crippen LogP contribution is 2.48. The van der Waals surface area contributed by atoms with E-state index in [1.807, 2.05) is 24.3 Å². The summed E-state index contributed by atoms with van der Waals surface area (Å²) in [4.78, 5) is 56.3. The number of hydrogen-bond donors (Lipinski definition) is 3. The number of aromatic nitrogens is 4. The van der Waals surface area contributed by atoms with Crippen LogP contribution >= 0.6 is 19.4 Å². The van der Waals surface area contributed by atoms with Crippen molar-refractivity contribution >= 4 is 60.7 Å². The summed E-state index contributed by atoms with van der Waals surface area (Å²) in [5.41, 5.74) is 6.97. The van der Waals surface area contributed by atoms with Gasteiger partial charge in [0, 0.05) is 23.6 Å². The quantitative estimate of drug-likeness (QED) is 0.0401. The molecule has 51 heavy (non-hydrogen) atoms. The van der Waals surface area contributed by atoms with Crippen LogP contribution in [0, 0.1) is 0 Å². The molecule has 0 aliphatic heterocycles. The van der Waals surface area contributed by atoms with Gasteiger partial charge in [-0.1, -0.05) is 11.8 Å². The number of nitrogen functional groups attached to an aromatic ring is 1.